The second-order valence-corrected chi connectivity index (χ2v) is 5.54. The van der Waals surface area contributed by atoms with Crippen LogP contribution in [0.1, 0.15) is 33.1 Å². The molecule has 1 atom stereocenters. The molecule has 1 aliphatic heterocycles. The number of nitrogens with two attached hydrogens (primary N) is 1. The van der Waals surface area contributed by atoms with Crippen molar-refractivity contribution in [1.82, 2.24) is 9.80 Å². The zero-order chi connectivity index (χ0) is 12.8. The number of carbonyl (C=O) groups is 1. The lowest BCUT2D eigenvalue weighted by molar-refractivity contribution is -0.131. The van der Waals surface area contributed by atoms with Crippen LogP contribution >= 0.6 is 0 Å². The van der Waals surface area contributed by atoms with Gasteiger partial charge in [-0.15, -0.1) is 0 Å². The summed E-state index contributed by atoms with van der Waals surface area (Å²) in [5.41, 5.74) is 5.90. The van der Waals surface area contributed by atoms with Crippen LogP contribution in [0.3, 0.4) is 0 Å². The third-order valence-electron chi connectivity index (χ3n) is 3.37. The molecule has 1 saturated heterocycles. The van der Waals surface area contributed by atoms with Crippen LogP contribution in [-0.4, -0.2) is 55.0 Å². The lowest BCUT2D eigenvalue weighted by Crippen LogP contribution is -2.44. The summed E-state index contributed by atoms with van der Waals surface area (Å²) < 4.78 is 0. The van der Waals surface area contributed by atoms with Crippen LogP contribution in [0.15, 0.2) is 0 Å². The first kappa shape index (κ1) is 14.5. The molecule has 0 bridgehead atoms. The van der Waals surface area contributed by atoms with Crippen molar-refractivity contribution in [3.63, 3.8) is 0 Å². The summed E-state index contributed by atoms with van der Waals surface area (Å²) in [7, 11) is 1.86. The number of rotatable bonds is 6. The average molecular weight is 241 g/mol. The second-order valence-electron chi connectivity index (χ2n) is 5.54. The standard InChI is InChI=1S/C13H27N3O/c1-11(2)10-12(14)13(17)15(3)8-9-16-6-4-5-7-16/h11-12H,4-10,14H2,1-3H3. The molecule has 100 valence electrons. The van der Waals surface area contributed by atoms with E-state index in [1.807, 2.05) is 7.05 Å². The molecule has 0 saturated carbocycles. The molecule has 1 heterocycles. The van der Waals surface area contributed by atoms with Crippen molar-refractivity contribution in [3.05, 3.63) is 0 Å². The average Bonchev–Trinajstić information content (AvgIpc) is 2.76. The quantitative estimate of drug-likeness (QED) is 0.752. The molecular weight excluding hydrogens is 214 g/mol. The van der Waals surface area contributed by atoms with E-state index in [9.17, 15) is 4.79 Å². The Hall–Kier alpha value is -0.610. The van der Waals surface area contributed by atoms with Crippen LogP contribution in [0.2, 0.25) is 0 Å². The molecular formula is C13H27N3O. The van der Waals surface area contributed by atoms with E-state index in [0.29, 0.717) is 5.92 Å². The summed E-state index contributed by atoms with van der Waals surface area (Å²) in [5, 5.41) is 0. The van der Waals surface area contributed by atoms with Crippen LogP contribution in [0.5, 0.6) is 0 Å². The van der Waals surface area contributed by atoms with Gasteiger partial charge in [-0.2, -0.15) is 0 Å². The van der Waals surface area contributed by atoms with Gasteiger partial charge in [-0.3, -0.25) is 4.79 Å². The molecule has 17 heavy (non-hydrogen) atoms. The third kappa shape index (κ3) is 5.04. The van der Waals surface area contributed by atoms with Gasteiger partial charge in [0.2, 0.25) is 5.91 Å². The van der Waals surface area contributed by atoms with Crippen LogP contribution in [0, 0.1) is 5.92 Å². The largest absolute Gasteiger partial charge is 0.343 e. The summed E-state index contributed by atoms with van der Waals surface area (Å²) in [4.78, 5) is 16.2. The van der Waals surface area contributed by atoms with Crippen molar-refractivity contribution in [2.75, 3.05) is 33.2 Å². The number of likely N-dealkylation sites (N-methyl/N-ethyl adjacent to an activating group) is 1. The molecule has 1 amide bonds. The van der Waals surface area contributed by atoms with Gasteiger partial charge in [0, 0.05) is 20.1 Å². The minimum Gasteiger partial charge on any atom is -0.343 e. The monoisotopic (exact) mass is 241 g/mol. The SMILES string of the molecule is CC(C)CC(N)C(=O)N(C)CCN1CCCC1. The van der Waals surface area contributed by atoms with Crippen LogP contribution in [0.4, 0.5) is 0 Å². The smallest absolute Gasteiger partial charge is 0.239 e. The highest BCUT2D eigenvalue weighted by Crippen LogP contribution is 2.08. The minimum absolute atomic E-state index is 0.0814. The van der Waals surface area contributed by atoms with Gasteiger partial charge in [0.1, 0.15) is 0 Å². The number of amides is 1. The maximum absolute atomic E-state index is 12.0. The molecule has 4 heteroatoms. The number of likely N-dealkylation sites (tertiary alicyclic amines) is 1. The Kier molecular flexibility index (Phi) is 5.92. The van der Waals surface area contributed by atoms with Crippen LogP contribution in [0.25, 0.3) is 0 Å². The number of nitrogens with zero attached hydrogens (tertiary/aromatic N) is 2. The highest BCUT2D eigenvalue weighted by atomic mass is 16.2. The molecule has 1 aliphatic rings. The Morgan fingerprint density at radius 2 is 1.94 bits per heavy atom. The van der Waals surface area contributed by atoms with Crippen molar-refractivity contribution in [1.29, 1.82) is 0 Å². The topological polar surface area (TPSA) is 49.6 Å². The zero-order valence-electron chi connectivity index (χ0n) is 11.5. The zero-order valence-corrected chi connectivity index (χ0v) is 11.5. The molecule has 0 aromatic rings. The van der Waals surface area contributed by atoms with Crippen molar-refractivity contribution < 1.29 is 4.79 Å². The van der Waals surface area contributed by atoms with E-state index >= 15 is 0 Å². The molecule has 0 spiro atoms. The fourth-order valence-corrected chi connectivity index (χ4v) is 2.30. The van der Waals surface area contributed by atoms with E-state index in [1.54, 1.807) is 4.90 Å². The van der Waals surface area contributed by atoms with E-state index in [4.69, 9.17) is 5.73 Å². The first-order valence-electron chi connectivity index (χ1n) is 6.73. The Labute approximate surface area is 105 Å². The maximum Gasteiger partial charge on any atom is 0.239 e. The molecule has 1 unspecified atom stereocenters. The second kappa shape index (κ2) is 6.97. The Balaban J connectivity index is 2.25. The van der Waals surface area contributed by atoms with Crippen molar-refractivity contribution >= 4 is 5.91 Å². The van der Waals surface area contributed by atoms with Crippen molar-refractivity contribution in [2.24, 2.45) is 11.7 Å². The van der Waals surface area contributed by atoms with Gasteiger partial charge in [0.05, 0.1) is 6.04 Å². The van der Waals surface area contributed by atoms with Crippen molar-refractivity contribution in [2.45, 2.75) is 39.2 Å². The molecule has 1 rings (SSSR count). The summed E-state index contributed by atoms with van der Waals surface area (Å²) in [6.07, 6.45) is 3.36. The minimum atomic E-state index is -0.335. The van der Waals surface area contributed by atoms with E-state index in [0.717, 1.165) is 19.5 Å². The molecule has 0 aromatic carbocycles. The molecule has 0 aromatic heterocycles. The van der Waals surface area contributed by atoms with Crippen LogP contribution < -0.4 is 5.73 Å². The molecule has 0 aliphatic carbocycles. The Bertz CT molecular complexity index is 237. The number of carbonyl (C=O) groups excluding carboxylic acids is 1. The number of hydrogen-bond donors (Lipinski definition) is 1. The normalized spacial score (nSPS) is 18.6. The fraction of sp³-hybridized carbons (Fsp3) is 0.923. The van der Waals surface area contributed by atoms with Gasteiger partial charge in [-0.25, -0.2) is 0 Å². The molecule has 2 N–H and O–H groups in total. The highest BCUT2D eigenvalue weighted by molar-refractivity contribution is 5.81. The molecule has 4 nitrogen and oxygen atoms in total. The van der Waals surface area contributed by atoms with E-state index in [2.05, 4.69) is 18.7 Å². The predicted octanol–water partition coefficient (Wildman–Crippen LogP) is 0.914. The van der Waals surface area contributed by atoms with Crippen LogP contribution in [-0.2, 0) is 4.79 Å². The van der Waals surface area contributed by atoms with Gasteiger partial charge >= 0.3 is 0 Å². The number of hydrogen-bond acceptors (Lipinski definition) is 3. The van der Waals surface area contributed by atoms with Gasteiger partial charge in [-0.05, 0) is 38.3 Å². The predicted molar refractivity (Wildman–Crippen MR) is 70.7 cm³/mol. The lowest BCUT2D eigenvalue weighted by atomic mass is 10.0. The van der Waals surface area contributed by atoms with E-state index in [1.165, 1.54) is 25.9 Å². The maximum atomic E-state index is 12.0. The van der Waals surface area contributed by atoms with Gasteiger partial charge < -0.3 is 15.5 Å². The van der Waals surface area contributed by atoms with E-state index in [-0.39, 0.29) is 11.9 Å². The van der Waals surface area contributed by atoms with Crippen molar-refractivity contribution in [3.8, 4) is 0 Å². The first-order chi connectivity index (χ1) is 8.00. The first-order valence-corrected chi connectivity index (χ1v) is 6.73. The lowest BCUT2D eigenvalue weighted by Gasteiger charge is -2.24. The molecule has 1 fully saturated rings. The highest BCUT2D eigenvalue weighted by Gasteiger charge is 2.20. The van der Waals surface area contributed by atoms with Gasteiger partial charge in [0.25, 0.3) is 0 Å². The fourth-order valence-electron chi connectivity index (χ4n) is 2.30. The molecule has 0 radical (unpaired) electrons. The van der Waals surface area contributed by atoms with Gasteiger partial charge in [0.15, 0.2) is 0 Å². The summed E-state index contributed by atoms with van der Waals surface area (Å²) >= 11 is 0. The summed E-state index contributed by atoms with van der Waals surface area (Å²) in [6, 6.07) is -0.335. The Morgan fingerprint density at radius 3 is 2.47 bits per heavy atom. The summed E-state index contributed by atoms with van der Waals surface area (Å²) in [6.45, 7) is 8.33. The van der Waals surface area contributed by atoms with E-state index < -0.39 is 0 Å². The van der Waals surface area contributed by atoms with Gasteiger partial charge in [-0.1, -0.05) is 13.8 Å². The third-order valence-corrected chi connectivity index (χ3v) is 3.37. The Morgan fingerprint density at radius 1 is 1.35 bits per heavy atom. The summed E-state index contributed by atoms with van der Waals surface area (Å²) in [5.74, 6) is 0.554.